The summed E-state index contributed by atoms with van der Waals surface area (Å²) >= 11 is 7.25. The topological polar surface area (TPSA) is 73.6 Å². The maximum atomic E-state index is 9.25. The van der Waals surface area contributed by atoms with Gasteiger partial charge >= 0.3 is 0 Å². The van der Waals surface area contributed by atoms with E-state index in [0.717, 1.165) is 11.1 Å². The minimum Gasteiger partial charge on any atom is -0.428 e. The van der Waals surface area contributed by atoms with Gasteiger partial charge < -0.3 is 4.42 Å². The van der Waals surface area contributed by atoms with E-state index in [0.29, 0.717) is 27.3 Å². The molecule has 0 N–H and O–H groups in total. The Morgan fingerprint density at radius 3 is 2.58 bits per heavy atom. The highest BCUT2D eigenvalue weighted by Gasteiger charge is 2.15. The van der Waals surface area contributed by atoms with Crippen LogP contribution in [0.25, 0.3) is 11.5 Å². The second-order valence-corrected chi connectivity index (χ2v) is 6.26. The zero-order valence-electron chi connectivity index (χ0n) is 12.4. The van der Waals surface area contributed by atoms with Crippen molar-refractivity contribution >= 4 is 23.4 Å². The van der Waals surface area contributed by atoms with Crippen molar-refractivity contribution in [2.45, 2.75) is 10.8 Å². The molecule has 1 heterocycles. The van der Waals surface area contributed by atoms with E-state index in [1.165, 1.54) is 11.8 Å². The smallest absolute Gasteiger partial charge is 0.228 e. The van der Waals surface area contributed by atoms with Gasteiger partial charge in [-0.15, -0.1) is 0 Å². The number of nitriles is 2. The van der Waals surface area contributed by atoms with E-state index >= 15 is 0 Å². The molecule has 0 aliphatic heterocycles. The van der Waals surface area contributed by atoms with E-state index < -0.39 is 0 Å². The highest BCUT2D eigenvalue weighted by Crippen LogP contribution is 2.31. The number of aromatic nitrogens is 1. The van der Waals surface area contributed by atoms with Gasteiger partial charge in [0, 0.05) is 16.3 Å². The van der Waals surface area contributed by atoms with Crippen molar-refractivity contribution in [1.82, 2.24) is 4.98 Å². The van der Waals surface area contributed by atoms with Gasteiger partial charge in [-0.05, 0) is 42.0 Å². The van der Waals surface area contributed by atoms with Crippen molar-refractivity contribution in [2.75, 3.05) is 0 Å². The molecule has 0 fully saturated rings. The van der Waals surface area contributed by atoms with E-state index in [4.69, 9.17) is 21.3 Å². The lowest BCUT2D eigenvalue weighted by molar-refractivity contribution is 0.483. The van der Waals surface area contributed by atoms with E-state index in [-0.39, 0.29) is 5.69 Å². The number of hydrogen-bond acceptors (Lipinski definition) is 5. The van der Waals surface area contributed by atoms with Crippen LogP contribution in [0, 0.1) is 22.7 Å². The van der Waals surface area contributed by atoms with Crippen LogP contribution in [-0.2, 0) is 5.75 Å². The molecule has 0 saturated heterocycles. The maximum Gasteiger partial charge on any atom is 0.228 e. The van der Waals surface area contributed by atoms with E-state index in [1.54, 1.807) is 30.3 Å². The SMILES string of the molecule is N#Cc1cccc(CSc2oc(-c3ccc(Cl)cc3)nc2C#N)c1. The molecule has 0 saturated carbocycles. The van der Waals surface area contributed by atoms with Gasteiger partial charge in [0.1, 0.15) is 6.07 Å². The quantitative estimate of drug-likeness (QED) is 0.616. The average molecular weight is 352 g/mol. The standard InChI is InChI=1S/C18H10ClN3OS/c19-15-6-4-14(5-7-15)17-22-16(10-21)18(23-17)24-11-13-3-1-2-12(8-13)9-20/h1-8H,11H2. The second-order valence-electron chi connectivity index (χ2n) is 4.87. The molecule has 0 unspecified atom stereocenters. The van der Waals surface area contributed by atoms with Crippen LogP contribution >= 0.6 is 23.4 Å². The molecule has 0 atom stereocenters. The molecule has 3 rings (SSSR count). The molecule has 0 bridgehead atoms. The summed E-state index contributed by atoms with van der Waals surface area (Å²) in [6.07, 6.45) is 0. The summed E-state index contributed by atoms with van der Waals surface area (Å²) in [6, 6.07) is 18.6. The molecule has 0 amide bonds. The molecule has 24 heavy (non-hydrogen) atoms. The molecule has 2 aromatic carbocycles. The molecule has 6 heteroatoms. The highest BCUT2D eigenvalue weighted by molar-refractivity contribution is 7.98. The summed E-state index contributed by atoms with van der Waals surface area (Å²) < 4.78 is 5.73. The monoisotopic (exact) mass is 351 g/mol. The molecule has 1 aromatic heterocycles. The van der Waals surface area contributed by atoms with Crippen LogP contribution in [0.2, 0.25) is 5.02 Å². The summed E-state index contributed by atoms with van der Waals surface area (Å²) in [7, 11) is 0. The van der Waals surface area contributed by atoms with E-state index in [1.807, 2.05) is 18.2 Å². The number of hydrogen-bond donors (Lipinski definition) is 0. The normalized spacial score (nSPS) is 10.1. The van der Waals surface area contributed by atoms with Crippen molar-refractivity contribution in [1.29, 1.82) is 10.5 Å². The largest absolute Gasteiger partial charge is 0.428 e. The van der Waals surface area contributed by atoms with Gasteiger partial charge in [-0.25, -0.2) is 0 Å². The number of nitrogens with zero attached hydrogens (tertiary/aromatic N) is 3. The van der Waals surface area contributed by atoms with Gasteiger partial charge in [0.05, 0.1) is 11.6 Å². The molecule has 0 spiro atoms. The Kier molecular flexibility index (Phi) is 4.86. The molecular weight excluding hydrogens is 342 g/mol. The Hall–Kier alpha value is -2.73. The minimum atomic E-state index is 0.251. The van der Waals surface area contributed by atoms with Crippen LogP contribution < -0.4 is 0 Å². The van der Waals surface area contributed by atoms with Crippen molar-refractivity contribution in [2.24, 2.45) is 0 Å². The second kappa shape index (κ2) is 7.23. The first kappa shape index (κ1) is 16.1. The first-order valence-electron chi connectivity index (χ1n) is 6.98. The number of rotatable bonds is 4. The predicted octanol–water partition coefficient (Wildman–Crippen LogP) is 5.03. The van der Waals surface area contributed by atoms with E-state index in [9.17, 15) is 5.26 Å². The Bertz CT molecular complexity index is 952. The Morgan fingerprint density at radius 2 is 1.88 bits per heavy atom. The summed E-state index contributed by atoms with van der Waals surface area (Å²) in [5.74, 6) is 0.968. The van der Waals surface area contributed by atoms with Crippen LogP contribution in [0.1, 0.15) is 16.8 Å². The number of benzene rings is 2. The lowest BCUT2D eigenvalue weighted by Crippen LogP contribution is -1.83. The van der Waals surface area contributed by atoms with Gasteiger partial charge in [-0.3, -0.25) is 0 Å². The van der Waals surface area contributed by atoms with Crippen LogP contribution in [0.5, 0.6) is 0 Å². The summed E-state index contributed by atoms with van der Waals surface area (Å²) in [4.78, 5) is 4.23. The van der Waals surface area contributed by atoms with Gasteiger partial charge in [0.15, 0.2) is 10.8 Å². The third kappa shape index (κ3) is 3.60. The van der Waals surface area contributed by atoms with Crippen molar-refractivity contribution in [3.05, 3.63) is 70.4 Å². The third-order valence-corrected chi connectivity index (χ3v) is 4.49. The van der Waals surface area contributed by atoms with Crippen LogP contribution in [0.3, 0.4) is 0 Å². The maximum absolute atomic E-state index is 9.25. The summed E-state index contributed by atoms with van der Waals surface area (Å²) in [5.41, 5.74) is 2.59. The molecule has 116 valence electrons. The fourth-order valence-electron chi connectivity index (χ4n) is 2.07. The summed E-state index contributed by atoms with van der Waals surface area (Å²) in [6.45, 7) is 0. The van der Waals surface area contributed by atoms with E-state index in [2.05, 4.69) is 17.1 Å². The first-order chi connectivity index (χ1) is 11.7. The van der Waals surface area contributed by atoms with Crippen LogP contribution in [0.4, 0.5) is 0 Å². The number of halogens is 1. The fraction of sp³-hybridized carbons (Fsp3) is 0.0556. The average Bonchev–Trinajstić information content (AvgIpc) is 3.04. The van der Waals surface area contributed by atoms with Crippen LogP contribution in [0.15, 0.2) is 58.0 Å². The lowest BCUT2D eigenvalue weighted by atomic mass is 10.2. The highest BCUT2D eigenvalue weighted by atomic mass is 35.5. The zero-order chi connectivity index (χ0) is 16.9. The molecule has 3 aromatic rings. The van der Waals surface area contributed by atoms with Gasteiger partial charge in [-0.2, -0.15) is 15.5 Å². The van der Waals surface area contributed by atoms with Crippen molar-refractivity contribution < 1.29 is 4.42 Å². The van der Waals surface area contributed by atoms with Crippen LogP contribution in [-0.4, -0.2) is 4.98 Å². The number of oxazole rings is 1. The molecule has 4 nitrogen and oxygen atoms in total. The Labute approximate surface area is 148 Å². The molecular formula is C18H10ClN3OS. The minimum absolute atomic E-state index is 0.251. The van der Waals surface area contributed by atoms with Gasteiger partial charge in [-0.1, -0.05) is 35.5 Å². The lowest BCUT2D eigenvalue weighted by Gasteiger charge is -2.00. The predicted molar refractivity (Wildman–Crippen MR) is 92.4 cm³/mol. The Balaban J connectivity index is 1.82. The number of thioether (sulfide) groups is 1. The molecule has 0 aliphatic carbocycles. The van der Waals surface area contributed by atoms with Crippen molar-refractivity contribution in [3.8, 4) is 23.6 Å². The fourth-order valence-corrected chi connectivity index (χ4v) is 3.04. The van der Waals surface area contributed by atoms with Crippen molar-refractivity contribution in [3.63, 3.8) is 0 Å². The van der Waals surface area contributed by atoms with Gasteiger partial charge in [0.25, 0.3) is 0 Å². The third-order valence-electron chi connectivity index (χ3n) is 3.22. The first-order valence-corrected chi connectivity index (χ1v) is 8.34. The zero-order valence-corrected chi connectivity index (χ0v) is 13.9. The Morgan fingerprint density at radius 1 is 1.08 bits per heavy atom. The molecule has 0 radical (unpaired) electrons. The van der Waals surface area contributed by atoms with Gasteiger partial charge in [0.2, 0.25) is 5.89 Å². The summed E-state index contributed by atoms with van der Waals surface area (Å²) in [5, 5.41) is 19.3. The molecule has 0 aliphatic rings.